The molecule has 0 amide bonds. The maximum atomic E-state index is 11.3. The maximum Gasteiger partial charge on any atom is 0.381 e. The van der Waals surface area contributed by atoms with Gasteiger partial charge in [0.15, 0.2) is 0 Å². The van der Waals surface area contributed by atoms with E-state index in [0.717, 1.165) is 19.3 Å². The predicted molar refractivity (Wildman–Crippen MR) is 56.2 cm³/mol. The van der Waals surface area contributed by atoms with Crippen LogP contribution < -0.4 is 0 Å². The van der Waals surface area contributed by atoms with E-state index in [0.29, 0.717) is 6.42 Å². The van der Waals surface area contributed by atoms with Gasteiger partial charge in [-0.15, -0.1) is 0 Å². The summed E-state index contributed by atoms with van der Waals surface area (Å²) in [6, 6.07) is -1.18. The number of hydrogen-bond donors (Lipinski definition) is 0. The summed E-state index contributed by atoms with van der Waals surface area (Å²) >= 11 is 0. The molecule has 0 N–H and O–H groups in total. The fourth-order valence-corrected chi connectivity index (χ4v) is 1.12. The molecule has 0 radical (unpaired) electrons. The molecule has 5 nitrogen and oxygen atoms in total. The molecule has 0 saturated carbocycles. The summed E-state index contributed by atoms with van der Waals surface area (Å²) in [5, 5.41) is 10.6. The topological polar surface area (TPSA) is 69.4 Å². The van der Waals surface area contributed by atoms with Crippen molar-refractivity contribution in [2.24, 2.45) is 0 Å². The number of nitro groups is 1. The highest BCUT2D eigenvalue weighted by molar-refractivity contribution is 5.74. The van der Waals surface area contributed by atoms with Crippen LogP contribution in [0.1, 0.15) is 46.0 Å². The third-order valence-electron chi connectivity index (χ3n) is 2.10. The fourth-order valence-electron chi connectivity index (χ4n) is 1.12. The monoisotopic (exact) mass is 217 g/mol. The molecule has 15 heavy (non-hydrogen) atoms. The Morgan fingerprint density at radius 1 is 1.33 bits per heavy atom. The van der Waals surface area contributed by atoms with E-state index in [2.05, 4.69) is 0 Å². The minimum absolute atomic E-state index is 0.272. The molecule has 0 aromatic carbocycles. The number of ether oxygens (including phenoxy) is 1. The first-order valence-corrected chi connectivity index (χ1v) is 5.43. The molecular weight excluding hydrogens is 198 g/mol. The molecule has 5 heteroatoms. The quantitative estimate of drug-likeness (QED) is 0.270. The predicted octanol–water partition coefficient (Wildman–Crippen LogP) is 2.17. The van der Waals surface area contributed by atoms with Crippen LogP contribution in [0, 0.1) is 10.1 Å². The summed E-state index contributed by atoms with van der Waals surface area (Å²) in [6.45, 7) is 4.18. The van der Waals surface area contributed by atoms with E-state index in [1.807, 2.05) is 13.8 Å². The number of esters is 1. The van der Waals surface area contributed by atoms with Crippen molar-refractivity contribution in [3.05, 3.63) is 10.1 Å². The lowest BCUT2D eigenvalue weighted by atomic mass is 10.1. The third kappa shape index (κ3) is 6.04. The van der Waals surface area contributed by atoms with Gasteiger partial charge < -0.3 is 4.74 Å². The first kappa shape index (κ1) is 13.9. The van der Waals surface area contributed by atoms with Crippen LogP contribution in [0.15, 0.2) is 0 Å². The minimum Gasteiger partial charge on any atom is -0.461 e. The second-order valence-electron chi connectivity index (χ2n) is 3.46. The number of carbonyl (C=O) groups is 1. The standard InChI is InChI=1S/C10H19NO4/c1-3-5-7-9(11(13)14)10(12)15-8-6-4-2/h9H,3-8H2,1-2H3. The van der Waals surface area contributed by atoms with Crippen LogP contribution in [0.4, 0.5) is 0 Å². The lowest BCUT2D eigenvalue weighted by molar-refractivity contribution is -0.511. The lowest BCUT2D eigenvalue weighted by Gasteiger charge is -2.08. The normalized spacial score (nSPS) is 12.1. The van der Waals surface area contributed by atoms with Crippen molar-refractivity contribution in [1.82, 2.24) is 0 Å². The summed E-state index contributed by atoms with van der Waals surface area (Å²) < 4.78 is 4.82. The van der Waals surface area contributed by atoms with E-state index in [1.165, 1.54) is 0 Å². The van der Waals surface area contributed by atoms with Gasteiger partial charge in [-0.25, -0.2) is 4.79 Å². The van der Waals surface area contributed by atoms with E-state index < -0.39 is 16.9 Å². The van der Waals surface area contributed by atoms with Gasteiger partial charge in [-0.05, 0) is 12.8 Å². The highest BCUT2D eigenvalue weighted by Crippen LogP contribution is 2.06. The van der Waals surface area contributed by atoms with Crippen LogP contribution in [-0.4, -0.2) is 23.5 Å². The summed E-state index contributed by atoms with van der Waals surface area (Å²) in [6.07, 6.45) is 3.45. The third-order valence-corrected chi connectivity index (χ3v) is 2.10. The van der Waals surface area contributed by atoms with Gasteiger partial charge in [0.1, 0.15) is 0 Å². The molecule has 1 atom stereocenters. The number of nitrogens with zero attached hydrogens (tertiary/aromatic N) is 1. The zero-order chi connectivity index (χ0) is 11.7. The van der Waals surface area contributed by atoms with Gasteiger partial charge >= 0.3 is 12.0 Å². The van der Waals surface area contributed by atoms with Gasteiger partial charge in [0.25, 0.3) is 0 Å². The fraction of sp³-hybridized carbons (Fsp3) is 0.900. The van der Waals surface area contributed by atoms with E-state index in [4.69, 9.17) is 4.74 Å². The van der Waals surface area contributed by atoms with Crippen molar-refractivity contribution < 1.29 is 14.5 Å². The van der Waals surface area contributed by atoms with E-state index >= 15 is 0 Å². The SMILES string of the molecule is CCCCOC(=O)C(CCCC)[N+](=O)[O-]. The van der Waals surface area contributed by atoms with Gasteiger partial charge in [-0.2, -0.15) is 0 Å². The molecule has 0 rings (SSSR count). The van der Waals surface area contributed by atoms with E-state index in [1.54, 1.807) is 0 Å². The van der Waals surface area contributed by atoms with Crippen LogP contribution in [-0.2, 0) is 9.53 Å². The average molecular weight is 217 g/mol. The van der Waals surface area contributed by atoms with E-state index in [9.17, 15) is 14.9 Å². The number of carbonyl (C=O) groups excluding carboxylic acids is 1. The first-order valence-electron chi connectivity index (χ1n) is 5.43. The molecule has 0 spiro atoms. The average Bonchev–Trinajstić information content (AvgIpc) is 2.18. The Balaban J connectivity index is 3.99. The molecule has 0 aliphatic rings. The van der Waals surface area contributed by atoms with Crippen molar-refractivity contribution in [2.45, 2.75) is 52.0 Å². The molecule has 0 bridgehead atoms. The molecule has 0 aliphatic carbocycles. The van der Waals surface area contributed by atoms with Crippen LogP contribution in [0.25, 0.3) is 0 Å². The number of unbranched alkanes of at least 4 members (excludes halogenated alkanes) is 2. The molecule has 0 heterocycles. The largest absolute Gasteiger partial charge is 0.461 e. The zero-order valence-electron chi connectivity index (χ0n) is 9.40. The Bertz CT molecular complexity index is 206. The smallest absolute Gasteiger partial charge is 0.381 e. The van der Waals surface area contributed by atoms with Crippen molar-refractivity contribution in [3.63, 3.8) is 0 Å². The summed E-state index contributed by atoms with van der Waals surface area (Å²) in [7, 11) is 0. The maximum absolute atomic E-state index is 11.3. The number of rotatable bonds is 8. The van der Waals surface area contributed by atoms with Crippen molar-refractivity contribution in [1.29, 1.82) is 0 Å². The molecule has 88 valence electrons. The van der Waals surface area contributed by atoms with Crippen molar-refractivity contribution in [3.8, 4) is 0 Å². The van der Waals surface area contributed by atoms with Crippen LogP contribution in [0.5, 0.6) is 0 Å². The molecule has 0 aliphatic heterocycles. The van der Waals surface area contributed by atoms with Gasteiger partial charge in [-0.3, -0.25) is 10.1 Å². The Labute approximate surface area is 90.0 Å². The molecule has 0 aromatic rings. The van der Waals surface area contributed by atoms with Gasteiger partial charge in [0.05, 0.1) is 6.61 Å². The summed E-state index contributed by atoms with van der Waals surface area (Å²) in [5.41, 5.74) is 0. The van der Waals surface area contributed by atoms with Gasteiger partial charge in [0, 0.05) is 11.3 Å². The van der Waals surface area contributed by atoms with Crippen LogP contribution in [0.3, 0.4) is 0 Å². The van der Waals surface area contributed by atoms with Gasteiger partial charge in [-0.1, -0.05) is 26.7 Å². The van der Waals surface area contributed by atoms with Crippen LogP contribution in [0.2, 0.25) is 0 Å². The summed E-state index contributed by atoms with van der Waals surface area (Å²) in [5.74, 6) is -0.693. The molecule has 1 unspecified atom stereocenters. The first-order chi connectivity index (χ1) is 7.13. The van der Waals surface area contributed by atoms with Crippen molar-refractivity contribution >= 4 is 5.97 Å². The Hall–Kier alpha value is -1.13. The van der Waals surface area contributed by atoms with Crippen LogP contribution >= 0.6 is 0 Å². The second kappa shape index (κ2) is 8.20. The molecular formula is C10H19NO4. The highest BCUT2D eigenvalue weighted by atomic mass is 16.6. The van der Waals surface area contributed by atoms with Gasteiger partial charge in [0.2, 0.25) is 0 Å². The van der Waals surface area contributed by atoms with Crippen molar-refractivity contribution in [2.75, 3.05) is 6.61 Å². The highest BCUT2D eigenvalue weighted by Gasteiger charge is 2.30. The Morgan fingerprint density at radius 2 is 1.93 bits per heavy atom. The number of hydrogen-bond acceptors (Lipinski definition) is 4. The molecule has 0 saturated heterocycles. The Morgan fingerprint density at radius 3 is 2.40 bits per heavy atom. The molecule has 0 aromatic heterocycles. The Kier molecular flexibility index (Phi) is 7.58. The van der Waals surface area contributed by atoms with E-state index in [-0.39, 0.29) is 13.0 Å². The second-order valence-corrected chi connectivity index (χ2v) is 3.46. The molecule has 0 fully saturated rings. The lowest BCUT2D eigenvalue weighted by Crippen LogP contribution is -2.31. The summed E-state index contributed by atoms with van der Waals surface area (Å²) in [4.78, 5) is 21.3. The zero-order valence-corrected chi connectivity index (χ0v) is 9.40. The minimum atomic E-state index is -1.18.